The highest BCUT2D eigenvalue weighted by atomic mass is 16.4. The number of aromatic nitrogens is 2. The number of ketones is 1. The van der Waals surface area contributed by atoms with Gasteiger partial charge in [-0.1, -0.05) is 66.2 Å². The number of fused-ring (bicyclic) bond motifs is 7. The predicted molar refractivity (Wildman–Crippen MR) is 221 cm³/mol. The van der Waals surface area contributed by atoms with Crippen LogP contribution in [0.2, 0.25) is 0 Å². The summed E-state index contributed by atoms with van der Waals surface area (Å²) >= 11 is 0. The monoisotopic (exact) mass is 755 g/mol. The van der Waals surface area contributed by atoms with E-state index in [1.807, 2.05) is 24.9 Å². The van der Waals surface area contributed by atoms with Crippen LogP contribution in [0.3, 0.4) is 0 Å². The molecule has 0 saturated heterocycles. The lowest BCUT2D eigenvalue weighted by Gasteiger charge is -2.69. The summed E-state index contributed by atoms with van der Waals surface area (Å²) in [5, 5.41) is 9.56. The number of carboxylic acids is 1. The van der Waals surface area contributed by atoms with Gasteiger partial charge in [-0.3, -0.25) is 14.5 Å². The summed E-state index contributed by atoms with van der Waals surface area (Å²) in [6.07, 6.45) is 19.3. The van der Waals surface area contributed by atoms with E-state index in [1.165, 1.54) is 62.5 Å². The molecule has 1 heterocycles. The largest absolute Gasteiger partial charge is 0.481 e. The second kappa shape index (κ2) is 15.1. The number of Topliss-reactive ketones (excluding diaryl/α,β-unsaturated/α-hetero) is 1. The maximum absolute atomic E-state index is 13.7. The normalized spacial score (nSPS) is 39.4. The molecule has 5 saturated carbocycles. The number of rotatable bonds is 13. The number of likely N-dealkylation sites (N-methyl/N-ethyl adjacent to an activating group) is 1. The van der Waals surface area contributed by atoms with E-state index in [-0.39, 0.29) is 34.0 Å². The van der Waals surface area contributed by atoms with Crippen molar-refractivity contribution in [3.63, 3.8) is 0 Å². The Morgan fingerprint density at radius 2 is 1.62 bits per heavy atom. The Morgan fingerprint density at radius 1 is 0.909 bits per heavy atom. The number of carbonyl (C=O) groups excluding carboxylic acids is 1. The van der Waals surface area contributed by atoms with Crippen LogP contribution < -0.4 is 0 Å². The molecular formula is C48H74N4O3. The van der Waals surface area contributed by atoms with Gasteiger partial charge in [-0.2, -0.15) is 0 Å². The SMILES string of the molecule is C=C1CC2(CCN(CCN(C)C)Cc3cncnc3)CCC3C(CCC4C3(C)CCC3C(C)(C)C(CC(=O)C5CC(C(=O)O)C5C)CCC34C)C2=C1C(C)C. The molecule has 7 rings (SSSR count). The van der Waals surface area contributed by atoms with Crippen LogP contribution in [0.4, 0.5) is 0 Å². The predicted octanol–water partition coefficient (Wildman–Crippen LogP) is 9.74. The van der Waals surface area contributed by atoms with Gasteiger partial charge >= 0.3 is 5.97 Å². The van der Waals surface area contributed by atoms with Crippen LogP contribution >= 0.6 is 0 Å². The molecule has 0 bridgehead atoms. The van der Waals surface area contributed by atoms with Gasteiger partial charge in [-0.05, 0) is 160 Å². The smallest absolute Gasteiger partial charge is 0.306 e. The molecule has 7 heteroatoms. The summed E-state index contributed by atoms with van der Waals surface area (Å²) in [5.41, 5.74) is 7.03. The van der Waals surface area contributed by atoms with E-state index in [0.717, 1.165) is 44.9 Å². The maximum atomic E-state index is 13.7. The van der Waals surface area contributed by atoms with Gasteiger partial charge in [0.15, 0.2) is 0 Å². The van der Waals surface area contributed by atoms with Crippen molar-refractivity contribution in [1.29, 1.82) is 0 Å². The van der Waals surface area contributed by atoms with Crippen LogP contribution in [-0.4, -0.2) is 70.4 Å². The van der Waals surface area contributed by atoms with E-state index in [1.54, 1.807) is 11.9 Å². The number of aliphatic carboxylic acids is 1. The first-order valence-corrected chi connectivity index (χ1v) is 22.2. The minimum atomic E-state index is -0.736. The topological polar surface area (TPSA) is 86.6 Å². The molecule has 5 fully saturated rings. The first kappa shape index (κ1) is 40.8. The van der Waals surface area contributed by atoms with Gasteiger partial charge in [0.25, 0.3) is 0 Å². The van der Waals surface area contributed by atoms with Crippen LogP contribution in [0.25, 0.3) is 0 Å². The van der Waals surface area contributed by atoms with E-state index in [4.69, 9.17) is 6.58 Å². The summed E-state index contributed by atoms with van der Waals surface area (Å²) in [5.74, 6) is 2.77. The molecular weight excluding hydrogens is 681 g/mol. The molecule has 1 N–H and O–H groups in total. The minimum absolute atomic E-state index is 0.0310. The molecule has 6 aliphatic carbocycles. The van der Waals surface area contributed by atoms with Crippen LogP contribution in [-0.2, 0) is 16.1 Å². The van der Waals surface area contributed by atoms with Gasteiger partial charge in [0, 0.05) is 49.9 Å². The van der Waals surface area contributed by atoms with Crippen molar-refractivity contribution in [3.8, 4) is 0 Å². The summed E-state index contributed by atoms with van der Waals surface area (Å²) in [6.45, 7) is 26.1. The Balaban J connectivity index is 1.10. The molecule has 1 aromatic heterocycles. The summed E-state index contributed by atoms with van der Waals surface area (Å²) in [7, 11) is 4.35. The number of nitrogens with zero attached hydrogens (tertiary/aromatic N) is 4. The van der Waals surface area contributed by atoms with Crippen molar-refractivity contribution in [2.75, 3.05) is 33.7 Å². The van der Waals surface area contributed by atoms with Crippen LogP contribution in [0.1, 0.15) is 131 Å². The molecule has 0 radical (unpaired) electrons. The molecule has 1 aromatic rings. The van der Waals surface area contributed by atoms with Crippen LogP contribution in [0.5, 0.6) is 0 Å². The number of allylic oxidation sites excluding steroid dienone is 3. The fourth-order valence-electron chi connectivity index (χ4n) is 15.0. The highest BCUT2D eigenvalue weighted by Crippen LogP contribution is 2.74. The highest BCUT2D eigenvalue weighted by molar-refractivity contribution is 5.85. The fraction of sp³-hybridized carbons (Fsp3) is 0.792. The molecule has 0 aliphatic heterocycles. The lowest BCUT2D eigenvalue weighted by Crippen LogP contribution is -2.62. The fourth-order valence-corrected chi connectivity index (χ4v) is 15.0. The average molecular weight is 755 g/mol. The first-order valence-electron chi connectivity index (χ1n) is 22.2. The van der Waals surface area contributed by atoms with Crippen LogP contribution in [0.15, 0.2) is 42.0 Å². The zero-order valence-electron chi connectivity index (χ0n) is 36.0. The Labute approximate surface area is 333 Å². The maximum Gasteiger partial charge on any atom is 0.306 e. The highest BCUT2D eigenvalue weighted by Gasteiger charge is 2.66. The third-order valence-electron chi connectivity index (χ3n) is 17.9. The minimum Gasteiger partial charge on any atom is -0.481 e. The van der Waals surface area contributed by atoms with Gasteiger partial charge < -0.3 is 10.0 Å². The van der Waals surface area contributed by atoms with E-state index < -0.39 is 5.97 Å². The number of hydrogen-bond donors (Lipinski definition) is 1. The molecule has 6 aliphatic rings. The van der Waals surface area contributed by atoms with Gasteiger partial charge in [0.2, 0.25) is 0 Å². The van der Waals surface area contributed by atoms with Crippen molar-refractivity contribution in [2.24, 2.45) is 74.9 Å². The molecule has 304 valence electrons. The molecule has 55 heavy (non-hydrogen) atoms. The third-order valence-corrected chi connectivity index (χ3v) is 17.9. The van der Waals surface area contributed by atoms with Gasteiger partial charge in [-0.15, -0.1) is 0 Å². The second-order valence-corrected chi connectivity index (χ2v) is 21.5. The van der Waals surface area contributed by atoms with Crippen molar-refractivity contribution in [1.82, 2.24) is 19.8 Å². The van der Waals surface area contributed by atoms with Crippen molar-refractivity contribution in [3.05, 3.63) is 47.6 Å². The Morgan fingerprint density at radius 3 is 2.27 bits per heavy atom. The van der Waals surface area contributed by atoms with Crippen molar-refractivity contribution < 1.29 is 14.7 Å². The van der Waals surface area contributed by atoms with E-state index >= 15 is 0 Å². The van der Waals surface area contributed by atoms with E-state index in [0.29, 0.717) is 53.6 Å². The first-order chi connectivity index (χ1) is 25.9. The van der Waals surface area contributed by atoms with Gasteiger partial charge in [-0.25, -0.2) is 9.97 Å². The summed E-state index contributed by atoms with van der Waals surface area (Å²) in [6, 6.07) is 0. The van der Waals surface area contributed by atoms with E-state index in [2.05, 4.69) is 75.4 Å². The summed E-state index contributed by atoms with van der Waals surface area (Å²) < 4.78 is 0. The Hall–Kier alpha value is -2.38. The Bertz CT molecular complexity index is 1650. The zero-order chi connectivity index (χ0) is 39.7. The second-order valence-electron chi connectivity index (χ2n) is 21.5. The van der Waals surface area contributed by atoms with Crippen molar-refractivity contribution in [2.45, 2.75) is 132 Å². The number of carboxylic acid groups (broad SMARTS) is 1. The zero-order valence-corrected chi connectivity index (χ0v) is 36.0. The third kappa shape index (κ3) is 7.01. The van der Waals surface area contributed by atoms with Gasteiger partial charge in [0.1, 0.15) is 12.1 Å². The average Bonchev–Trinajstić information content (AvgIpc) is 3.42. The number of carbonyl (C=O) groups is 2. The van der Waals surface area contributed by atoms with Crippen LogP contribution in [0, 0.1) is 74.9 Å². The molecule has 0 spiro atoms. The molecule has 11 atom stereocenters. The molecule has 0 amide bonds. The lowest BCUT2D eigenvalue weighted by atomic mass is 9.35. The molecule has 0 aromatic carbocycles. The summed E-state index contributed by atoms with van der Waals surface area (Å²) in [4.78, 5) is 38.9. The Kier molecular flexibility index (Phi) is 11.2. The quantitative estimate of drug-likeness (QED) is 0.215. The molecule has 7 nitrogen and oxygen atoms in total. The van der Waals surface area contributed by atoms with Crippen molar-refractivity contribution >= 4 is 11.8 Å². The van der Waals surface area contributed by atoms with E-state index in [9.17, 15) is 14.7 Å². The lowest BCUT2D eigenvalue weighted by molar-refractivity contribution is -0.193. The van der Waals surface area contributed by atoms with Gasteiger partial charge in [0.05, 0.1) is 5.92 Å². The number of hydrogen-bond acceptors (Lipinski definition) is 6. The molecule has 11 unspecified atom stereocenters. The standard InChI is InChI=1S/C48H74N4O3/c1-30(2)42-31(3)25-48(19-20-52(22-21-51(9)10)28-33-26-49-29-50-27-33)18-14-38-35(43(42)48)11-12-41-46(38,7)17-15-40-45(5,6)34(13-16-47(40,41)8)23-39(53)36-24-37(32(36)4)44(54)55/h26-27,29-30,32,34-38,40-41H,3,11-25,28H2,1-2,4-10H3,(H,54,55).